The van der Waals surface area contributed by atoms with Crippen LogP contribution < -0.4 is 14.4 Å². The van der Waals surface area contributed by atoms with E-state index in [-0.39, 0.29) is 18.0 Å². The Bertz CT molecular complexity index is 1520. The standard InChI is InChI=1S/C27H24FN5O4/c28-19-3-1-4-23-25(19)20-12-18-21(13-29-20)30-31-26(18)16-5-6-22(24(11-16)36-10-2-9-35-23)32-7-8-33-17(14-32)15-37-27(33)34/h1,3-6,11-13,17H,2,7-10,14-15H2,(H,30,31). The summed E-state index contributed by atoms with van der Waals surface area (Å²) in [4.78, 5) is 20.5. The number of aromatic nitrogens is 3. The molecule has 9 nitrogen and oxygen atoms in total. The molecule has 5 heterocycles. The van der Waals surface area contributed by atoms with Gasteiger partial charge >= 0.3 is 6.09 Å². The van der Waals surface area contributed by atoms with Crippen LogP contribution in [0.15, 0.2) is 48.7 Å². The van der Waals surface area contributed by atoms with Crippen LogP contribution in [0.2, 0.25) is 0 Å². The minimum Gasteiger partial charge on any atom is -0.493 e. The van der Waals surface area contributed by atoms with Crippen molar-refractivity contribution in [1.29, 1.82) is 0 Å². The van der Waals surface area contributed by atoms with Crippen molar-refractivity contribution in [3.63, 3.8) is 0 Å². The quantitative estimate of drug-likeness (QED) is 0.417. The molecule has 188 valence electrons. The molecule has 0 spiro atoms. The number of carbonyl (C=O) groups excluding carboxylic acids is 1. The first-order valence-corrected chi connectivity index (χ1v) is 12.4. The Morgan fingerprint density at radius 3 is 2.84 bits per heavy atom. The second-order valence-electron chi connectivity index (χ2n) is 9.40. The van der Waals surface area contributed by atoms with Crippen molar-refractivity contribution < 1.29 is 23.4 Å². The van der Waals surface area contributed by atoms with Crippen LogP contribution in [0.4, 0.5) is 14.9 Å². The van der Waals surface area contributed by atoms with Crippen LogP contribution in [0.3, 0.4) is 0 Å². The van der Waals surface area contributed by atoms with Crippen molar-refractivity contribution >= 4 is 22.7 Å². The molecular formula is C27H24FN5O4. The molecule has 2 aromatic heterocycles. The fraction of sp³-hybridized carbons (Fsp3) is 0.296. The SMILES string of the molecule is O=C1OCC2CN(c3ccc4cc3OCCCOc3cccc(F)c3-c3cc5c-4n[nH]c5cn3)CCN12. The molecule has 37 heavy (non-hydrogen) atoms. The normalized spacial score (nSPS) is 19.1. The number of fused-ring (bicyclic) bond motifs is 7. The van der Waals surface area contributed by atoms with Crippen LogP contribution in [-0.4, -0.2) is 71.7 Å². The maximum absolute atomic E-state index is 14.9. The lowest BCUT2D eigenvalue weighted by atomic mass is 10.0. The summed E-state index contributed by atoms with van der Waals surface area (Å²) in [5, 5.41) is 8.42. The molecule has 1 N–H and O–H groups in total. The molecule has 0 aliphatic carbocycles. The van der Waals surface area contributed by atoms with Gasteiger partial charge in [0.2, 0.25) is 0 Å². The number of rotatable bonds is 1. The highest BCUT2D eigenvalue weighted by atomic mass is 19.1. The van der Waals surface area contributed by atoms with Gasteiger partial charge in [0.1, 0.15) is 29.6 Å². The van der Waals surface area contributed by atoms with Crippen LogP contribution in [0, 0.1) is 5.82 Å². The van der Waals surface area contributed by atoms with E-state index < -0.39 is 0 Å². The van der Waals surface area contributed by atoms with Gasteiger partial charge in [0.25, 0.3) is 0 Å². The smallest absolute Gasteiger partial charge is 0.410 e. The number of benzene rings is 2. The van der Waals surface area contributed by atoms with Gasteiger partial charge in [0, 0.05) is 37.0 Å². The Hall–Kier alpha value is -4.34. The predicted molar refractivity (Wildman–Crippen MR) is 134 cm³/mol. The number of anilines is 1. The molecule has 7 rings (SSSR count). The summed E-state index contributed by atoms with van der Waals surface area (Å²) in [7, 11) is 0. The van der Waals surface area contributed by atoms with Gasteiger partial charge in [-0.15, -0.1) is 0 Å². The number of hydrogen-bond donors (Lipinski definition) is 1. The average Bonchev–Trinajstić information content (AvgIpc) is 3.51. The number of nitrogens with zero attached hydrogens (tertiary/aromatic N) is 4. The Labute approximate surface area is 211 Å². The summed E-state index contributed by atoms with van der Waals surface area (Å²) in [6, 6.07) is 12.7. The molecule has 1 atom stereocenters. The average molecular weight is 502 g/mol. The first-order chi connectivity index (χ1) is 18.2. The largest absolute Gasteiger partial charge is 0.493 e. The first kappa shape index (κ1) is 21.9. The Morgan fingerprint density at radius 2 is 1.92 bits per heavy atom. The van der Waals surface area contributed by atoms with Crippen molar-refractivity contribution in [2.24, 2.45) is 0 Å². The van der Waals surface area contributed by atoms with Crippen molar-refractivity contribution in [3.8, 4) is 34.0 Å². The highest BCUT2D eigenvalue weighted by molar-refractivity contribution is 5.95. The number of cyclic esters (lactones) is 1. The molecule has 2 fully saturated rings. The van der Waals surface area contributed by atoms with E-state index in [0.29, 0.717) is 62.9 Å². The van der Waals surface area contributed by atoms with Gasteiger partial charge < -0.3 is 19.1 Å². The maximum Gasteiger partial charge on any atom is 0.410 e. The highest BCUT2D eigenvalue weighted by Crippen LogP contribution is 2.39. The molecular weight excluding hydrogens is 477 g/mol. The number of H-pyrrole nitrogens is 1. The Balaban J connectivity index is 1.31. The van der Waals surface area contributed by atoms with E-state index in [1.807, 2.05) is 24.3 Å². The molecule has 4 bridgehead atoms. The summed E-state index contributed by atoms with van der Waals surface area (Å²) in [6.45, 7) is 3.16. The number of piperazine rings is 1. The van der Waals surface area contributed by atoms with E-state index in [9.17, 15) is 9.18 Å². The number of ether oxygens (including phenoxy) is 3. The van der Waals surface area contributed by atoms with E-state index in [1.165, 1.54) is 6.07 Å². The summed E-state index contributed by atoms with van der Waals surface area (Å²) in [6.07, 6.45) is 2.04. The zero-order valence-electron chi connectivity index (χ0n) is 19.9. The Kier molecular flexibility index (Phi) is 5.12. The lowest BCUT2D eigenvalue weighted by molar-refractivity contribution is 0.157. The van der Waals surface area contributed by atoms with Crippen LogP contribution in [0.1, 0.15) is 6.42 Å². The van der Waals surface area contributed by atoms with Crippen LogP contribution in [-0.2, 0) is 4.74 Å². The number of carbonyl (C=O) groups is 1. The molecule has 2 saturated heterocycles. The Morgan fingerprint density at radius 1 is 1.03 bits per heavy atom. The number of amides is 1. The fourth-order valence-electron chi connectivity index (χ4n) is 5.32. The lowest BCUT2D eigenvalue weighted by Gasteiger charge is -2.37. The van der Waals surface area contributed by atoms with Crippen molar-refractivity contribution in [2.75, 3.05) is 44.4 Å². The predicted octanol–water partition coefficient (Wildman–Crippen LogP) is 4.23. The number of hydrogen-bond acceptors (Lipinski definition) is 7. The molecule has 3 aliphatic rings. The third-order valence-electron chi connectivity index (χ3n) is 7.17. The van der Waals surface area contributed by atoms with Gasteiger partial charge in [-0.2, -0.15) is 5.10 Å². The zero-order chi connectivity index (χ0) is 24.9. The number of pyridine rings is 1. The topological polar surface area (TPSA) is 92.8 Å². The molecule has 0 radical (unpaired) electrons. The molecule has 0 saturated carbocycles. The lowest BCUT2D eigenvalue weighted by Crippen LogP contribution is -2.52. The maximum atomic E-state index is 14.9. The monoisotopic (exact) mass is 501 g/mol. The van der Waals surface area contributed by atoms with E-state index in [4.69, 9.17) is 14.2 Å². The third kappa shape index (κ3) is 3.71. The van der Waals surface area contributed by atoms with Crippen molar-refractivity contribution in [3.05, 3.63) is 54.5 Å². The van der Waals surface area contributed by atoms with Gasteiger partial charge in [-0.05, 0) is 30.3 Å². The summed E-state index contributed by atoms with van der Waals surface area (Å²) in [5.41, 5.74) is 4.13. The van der Waals surface area contributed by atoms with E-state index in [2.05, 4.69) is 20.1 Å². The van der Waals surface area contributed by atoms with E-state index in [1.54, 1.807) is 23.2 Å². The van der Waals surface area contributed by atoms with Crippen LogP contribution in [0.5, 0.6) is 11.5 Å². The zero-order valence-corrected chi connectivity index (χ0v) is 19.9. The molecule has 3 aliphatic heterocycles. The van der Waals surface area contributed by atoms with Gasteiger partial charge in [0.05, 0.1) is 47.9 Å². The number of aromatic amines is 1. The molecule has 10 heteroatoms. The van der Waals surface area contributed by atoms with Crippen molar-refractivity contribution in [2.45, 2.75) is 12.5 Å². The second kappa shape index (κ2) is 8.65. The van der Waals surface area contributed by atoms with E-state index >= 15 is 0 Å². The molecule has 2 aromatic carbocycles. The summed E-state index contributed by atoms with van der Waals surface area (Å²) >= 11 is 0. The van der Waals surface area contributed by atoms with Crippen molar-refractivity contribution in [1.82, 2.24) is 20.1 Å². The summed E-state index contributed by atoms with van der Waals surface area (Å²) in [5.74, 6) is 0.795. The van der Waals surface area contributed by atoms with Gasteiger partial charge in [-0.1, -0.05) is 12.1 Å². The van der Waals surface area contributed by atoms with Crippen LogP contribution in [0.25, 0.3) is 33.4 Å². The van der Waals surface area contributed by atoms with Gasteiger partial charge in [-0.3, -0.25) is 15.0 Å². The van der Waals surface area contributed by atoms with Gasteiger partial charge in [0.15, 0.2) is 0 Å². The fourth-order valence-corrected chi connectivity index (χ4v) is 5.32. The number of nitrogens with one attached hydrogen (secondary N) is 1. The van der Waals surface area contributed by atoms with E-state index in [0.717, 1.165) is 33.6 Å². The molecule has 4 aromatic rings. The van der Waals surface area contributed by atoms with Gasteiger partial charge in [-0.25, -0.2) is 9.18 Å². The molecule has 1 unspecified atom stereocenters. The second-order valence-corrected chi connectivity index (χ2v) is 9.40. The minimum atomic E-state index is -0.390. The third-order valence-corrected chi connectivity index (χ3v) is 7.17. The first-order valence-electron chi connectivity index (χ1n) is 12.4. The summed E-state index contributed by atoms with van der Waals surface area (Å²) < 4.78 is 32.4. The highest BCUT2D eigenvalue weighted by Gasteiger charge is 2.38. The number of halogens is 1. The molecule has 1 amide bonds. The van der Waals surface area contributed by atoms with Crippen LogP contribution >= 0.6 is 0 Å². The minimum absolute atomic E-state index is 0.0294.